The second-order valence-electron chi connectivity index (χ2n) is 8.00. The smallest absolute Gasteiger partial charge is 0.200 e. The van der Waals surface area contributed by atoms with Crippen LogP contribution in [0.25, 0.3) is 0 Å². The Bertz CT molecular complexity index is 515. The summed E-state index contributed by atoms with van der Waals surface area (Å²) in [6.45, 7) is 20.5. The molecular formula is C22H38O3Si. The van der Waals surface area contributed by atoms with Gasteiger partial charge in [-0.05, 0) is 41.2 Å². The molecule has 0 bridgehead atoms. The molecule has 3 nitrogen and oxygen atoms in total. The van der Waals surface area contributed by atoms with Gasteiger partial charge in [0.1, 0.15) is 11.9 Å². The molecule has 0 saturated carbocycles. The van der Waals surface area contributed by atoms with Gasteiger partial charge in [0.2, 0.25) is 8.32 Å². The number of hydrogen-bond donors (Lipinski definition) is 0. The lowest BCUT2D eigenvalue weighted by Gasteiger charge is -2.45. The zero-order chi connectivity index (χ0) is 19.9. The summed E-state index contributed by atoms with van der Waals surface area (Å²) in [6, 6.07) is 7.96. The first-order valence-corrected chi connectivity index (χ1v) is 11.9. The molecule has 0 heterocycles. The number of benzene rings is 1. The summed E-state index contributed by atoms with van der Waals surface area (Å²) in [7, 11) is -0.262. The van der Waals surface area contributed by atoms with E-state index in [9.17, 15) is 0 Å². The van der Waals surface area contributed by atoms with Gasteiger partial charge in [-0.15, -0.1) is 6.58 Å². The standard InChI is InChI=1S/C22H38O3Si/c1-10-22(24-15-20-11-13-21(23-9)14-12-20)19(8)25-26(16(2)3,17(4)5)18(6)7/h10-14,16-19,22H,1,15H2,2-9H3. The maximum Gasteiger partial charge on any atom is 0.200 e. The van der Waals surface area contributed by atoms with Crippen molar-refractivity contribution in [3.63, 3.8) is 0 Å². The molecule has 1 aromatic carbocycles. The van der Waals surface area contributed by atoms with Gasteiger partial charge in [-0.2, -0.15) is 0 Å². The second-order valence-corrected chi connectivity index (χ2v) is 13.4. The van der Waals surface area contributed by atoms with E-state index in [1.807, 2.05) is 30.3 Å². The first kappa shape index (κ1) is 22.9. The fourth-order valence-electron chi connectivity index (χ4n) is 4.11. The van der Waals surface area contributed by atoms with E-state index >= 15 is 0 Å². The molecule has 0 amide bonds. The Balaban J connectivity index is 2.82. The first-order chi connectivity index (χ1) is 12.2. The number of rotatable bonds is 11. The molecule has 0 aliphatic heterocycles. The lowest BCUT2D eigenvalue weighted by atomic mass is 10.2. The third-order valence-electron chi connectivity index (χ3n) is 5.39. The Kier molecular flexibility index (Phi) is 9.08. The van der Waals surface area contributed by atoms with Crippen LogP contribution in [0.1, 0.15) is 54.0 Å². The summed E-state index contributed by atoms with van der Waals surface area (Å²) in [5, 5.41) is 0. The molecule has 0 fully saturated rings. The minimum atomic E-state index is -1.93. The lowest BCUT2D eigenvalue weighted by molar-refractivity contribution is -0.00591. The molecule has 0 aromatic heterocycles. The average Bonchev–Trinajstić information content (AvgIpc) is 2.59. The third-order valence-corrected chi connectivity index (χ3v) is 11.6. The molecule has 26 heavy (non-hydrogen) atoms. The van der Waals surface area contributed by atoms with Crippen molar-refractivity contribution in [2.45, 2.75) is 83.9 Å². The van der Waals surface area contributed by atoms with Gasteiger partial charge in [0.05, 0.1) is 19.8 Å². The first-order valence-electron chi connectivity index (χ1n) is 9.73. The Morgan fingerprint density at radius 2 is 1.42 bits per heavy atom. The monoisotopic (exact) mass is 378 g/mol. The summed E-state index contributed by atoms with van der Waals surface area (Å²) < 4.78 is 18.2. The molecule has 148 valence electrons. The van der Waals surface area contributed by atoms with Crippen LogP contribution in [0.4, 0.5) is 0 Å². The Labute approximate surface area is 161 Å². The van der Waals surface area contributed by atoms with E-state index in [0.29, 0.717) is 23.2 Å². The van der Waals surface area contributed by atoms with Gasteiger partial charge in [-0.3, -0.25) is 0 Å². The van der Waals surface area contributed by atoms with Crippen LogP contribution in [0.2, 0.25) is 16.6 Å². The molecule has 0 aliphatic rings. The van der Waals surface area contributed by atoms with Gasteiger partial charge in [-0.1, -0.05) is 59.8 Å². The molecule has 1 rings (SSSR count). The van der Waals surface area contributed by atoms with Crippen molar-refractivity contribution in [2.24, 2.45) is 0 Å². The fraction of sp³-hybridized carbons (Fsp3) is 0.636. The third kappa shape index (κ3) is 5.45. The zero-order valence-electron chi connectivity index (χ0n) is 17.9. The normalized spacial score (nSPS) is 14.7. The quantitative estimate of drug-likeness (QED) is 0.332. The van der Waals surface area contributed by atoms with Gasteiger partial charge in [-0.25, -0.2) is 0 Å². The number of methoxy groups -OCH3 is 1. The molecular weight excluding hydrogens is 340 g/mol. The van der Waals surface area contributed by atoms with Gasteiger partial charge >= 0.3 is 0 Å². The topological polar surface area (TPSA) is 27.7 Å². The molecule has 2 unspecified atom stereocenters. The molecule has 1 aromatic rings. The van der Waals surface area contributed by atoms with E-state index in [0.717, 1.165) is 11.3 Å². The zero-order valence-corrected chi connectivity index (χ0v) is 18.9. The highest BCUT2D eigenvalue weighted by molar-refractivity contribution is 6.77. The van der Waals surface area contributed by atoms with Gasteiger partial charge in [0.15, 0.2) is 0 Å². The van der Waals surface area contributed by atoms with Crippen molar-refractivity contribution >= 4 is 8.32 Å². The highest BCUT2D eigenvalue weighted by Crippen LogP contribution is 2.43. The van der Waals surface area contributed by atoms with Gasteiger partial charge in [0.25, 0.3) is 0 Å². The van der Waals surface area contributed by atoms with Crippen LogP contribution in [0.5, 0.6) is 5.75 Å². The van der Waals surface area contributed by atoms with Crippen LogP contribution in [0, 0.1) is 0 Å². The van der Waals surface area contributed by atoms with Gasteiger partial charge in [0, 0.05) is 0 Å². The predicted octanol–water partition coefficient (Wildman–Crippen LogP) is 6.35. The minimum Gasteiger partial charge on any atom is -0.497 e. The van der Waals surface area contributed by atoms with Crippen molar-refractivity contribution < 1.29 is 13.9 Å². The predicted molar refractivity (Wildman–Crippen MR) is 113 cm³/mol. The van der Waals surface area contributed by atoms with E-state index in [1.54, 1.807) is 7.11 Å². The van der Waals surface area contributed by atoms with Crippen LogP contribution >= 0.6 is 0 Å². The van der Waals surface area contributed by atoms with Crippen molar-refractivity contribution in [2.75, 3.05) is 7.11 Å². The molecule has 0 spiro atoms. The second kappa shape index (κ2) is 10.3. The van der Waals surface area contributed by atoms with Crippen LogP contribution in [0.15, 0.2) is 36.9 Å². The molecule has 4 heteroatoms. The van der Waals surface area contributed by atoms with Crippen LogP contribution in [-0.2, 0) is 15.8 Å². The van der Waals surface area contributed by atoms with E-state index < -0.39 is 8.32 Å². The van der Waals surface area contributed by atoms with Crippen LogP contribution < -0.4 is 4.74 Å². The van der Waals surface area contributed by atoms with Crippen molar-refractivity contribution in [3.8, 4) is 5.75 Å². The number of hydrogen-bond acceptors (Lipinski definition) is 3. The molecule has 0 N–H and O–H groups in total. The Morgan fingerprint density at radius 3 is 1.81 bits per heavy atom. The Morgan fingerprint density at radius 1 is 0.923 bits per heavy atom. The summed E-state index contributed by atoms with van der Waals surface area (Å²) in [4.78, 5) is 0. The number of ether oxygens (including phenoxy) is 2. The summed E-state index contributed by atoms with van der Waals surface area (Å²) in [5.74, 6) is 0.854. The van der Waals surface area contributed by atoms with E-state index in [4.69, 9.17) is 13.9 Å². The van der Waals surface area contributed by atoms with Crippen molar-refractivity contribution in [3.05, 3.63) is 42.5 Å². The van der Waals surface area contributed by atoms with E-state index in [-0.39, 0.29) is 12.2 Å². The summed E-state index contributed by atoms with van der Waals surface area (Å²) >= 11 is 0. The molecule has 2 atom stereocenters. The SMILES string of the molecule is C=CC(OCc1ccc(OC)cc1)C(C)O[Si](C(C)C)(C(C)C)C(C)C. The largest absolute Gasteiger partial charge is 0.497 e. The van der Waals surface area contributed by atoms with E-state index in [1.165, 1.54) is 0 Å². The summed E-state index contributed by atoms with van der Waals surface area (Å²) in [6.07, 6.45) is 1.73. The average molecular weight is 379 g/mol. The van der Waals surface area contributed by atoms with Gasteiger partial charge < -0.3 is 13.9 Å². The molecule has 0 saturated heterocycles. The van der Waals surface area contributed by atoms with Crippen molar-refractivity contribution in [1.29, 1.82) is 0 Å². The maximum atomic E-state index is 6.82. The highest BCUT2D eigenvalue weighted by Gasteiger charge is 2.46. The molecule has 0 radical (unpaired) electrons. The summed E-state index contributed by atoms with van der Waals surface area (Å²) in [5.41, 5.74) is 2.77. The maximum absolute atomic E-state index is 6.82. The van der Waals surface area contributed by atoms with Crippen LogP contribution in [-0.4, -0.2) is 27.6 Å². The lowest BCUT2D eigenvalue weighted by Crippen LogP contribution is -2.51. The molecule has 0 aliphatic carbocycles. The minimum absolute atomic E-state index is 0.00962. The fourth-order valence-corrected chi connectivity index (χ4v) is 9.70. The van der Waals surface area contributed by atoms with E-state index in [2.05, 4.69) is 55.0 Å². The van der Waals surface area contributed by atoms with Crippen molar-refractivity contribution in [1.82, 2.24) is 0 Å². The Hall–Kier alpha value is -1.10. The van der Waals surface area contributed by atoms with Crippen LogP contribution in [0.3, 0.4) is 0 Å². The highest BCUT2D eigenvalue weighted by atomic mass is 28.4.